The van der Waals surface area contributed by atoms with Crippen molar-refractivity contribution in [1.29, 1.82) is 0 Å². The van der Waals surface area contributed by atoms with E-state index in [0.717, 1.165) is 12.8 Å². The molecule has 0 aromatic heterocycles. The fourth-order valence-corrected chi connectivity index (χ4v) is 2.10. The highest BCUT2D eigenvalue weighted by Gasteiger charge is 1.96. The Hall–Kier alpha value is -2.02. The number of unbranched alkanes of at least 4 members (excludes halogenated alkanes) is 4. The van der Waals surface area contributed by atoms with Gasteiger partial charge in [0, 0.05) is 18.1 Å². The van der Waals surface area contributed by atoms with Crippen LogP contribution in [0.25, 0.3) is 0 Å². The van der Waals surface area contributed by atoms with Crippen LogP contribution in [0, 0.1) is 0 Å². The van der Waals surface area contributed by atoms with E-state index in [9.17, 15) is 0 Å². The Kier molecular flexibility index (Phi) is 11.3. The number of nitrogens with zero attached hydrogens (tertiary/aromatic N) is 1. The lowest BCUT2D eigenvalue weighted by Gasteiger charge is -2.14. The van der Waals surface area contributed by atoms with Crippen LogP contribution < -0.4 is 4.90 Å². The van der Waals surface area contributed by atoms with E-state index in [1.54, 1.807) is 0 Å². The second-order valence-electron chi connectivity index (χ2n) is 5.57. The summed E-state index contributed by atoms with van der Waals surface area (Å²) in [5.41, 5.74) is 1.17. The Labute approximate surface area is 142 Å². The summed E-state index contributed by atoms with van der Waals surface area (Å²) in [6, 6.07) is 10.4. The molecule has 0 heterocycles. The maximum atomic E-state index is 2.23. The van der Waals surface area contributed by atoms with Gasteiger partial charge in [-0.1, -0.05) is 82.0 Å². The van der Waals surface area contributed by atoms with Gasteiger partial charge in [-0.05, 0) is 37.1 Å². The minimum atomic E-state index is 1.15. The third-order valence-electron chi connectivity index (χ3n) is 3.49. The van der Waals surface area contributed by atoms with E-state index in [1.165, 1.54) is 31.4 Å². The second kappa shape index (κ2) is 13.6. The molecule has 1 aromatic carbocycles. The van der Waals surface area contributed by atoms with Crippen LogP contribution in [-0.4, -0.2) is 0 Å². The first-order chi connectivity index (χ1) is 11.4. The number of benzene rings is 1. The zero-order valence-electron chi connectivity index (χ0n) is 14.7. The molecule has 0 saturated heterocycles. The van der Waals surface area contributed by atoms with Crippen molar-refractivity contribution in [2.45, 2.75) is 52.4 Å². The van der Waals surface area contributed by atoms with Crippen molar-refractivity contribution in [3.05, 3.63) is 79.2 Å². The Morgan fingerprint density at radius 1 is 0.739 bits per heavy atom. The van der Waals surface area contributed by atoms with Gasteiger partial charge in [0.05, 0.1) is 0 Å². The third-order valence-corrected chi connectivity index (χ3v) is 3.49. The molecule has 1 aromatic rings. The zero-order valence-corrected chi connectivity index (χ0v) is 14.7. The first-order valence-corrected chi connectivity index (χ1v) is 8.88. The van der Waals surface area contributed by atoms with E-state index in [0.29, 0.717) is 0 Å². The van der Waals surface area contributed by atoms with E-state index in [1.807, 2.05) is 6.07 Å². The molecule has 0 radical (unpaired) electrons. The van der Waals surface area contributed by atoms with Gasteiger partial charge < -0.3 is 4.90 Å². The second-order valence-corrected chi connectivity index (χ2v) is 5.57. The van der Waals surface area contributed by atoms with Gasteiger partial charge in [-0.15, -0.1) is 0 Å². The molecule has 0 saturated carbocycles. The van der Waals surface area contributed by atoms with Crippen molar-refractivity contribution < 1.29 is 0 Å². The molecular weight excluding hydrogens is 278 g/mol. The molecule has 1 rings (SSSR count). The first-order valence-electron chi connectivity index (χ1n) is 8.88. The summed E-state index contributed by atoms with van der Waals surface area (Å²) in [6.45, 7) is 4.44. The largest absolute Gasteiger partial charge is 0.324 e. The van der Waals surface area contributed by atoms with Gasteiger partial charge in [-0.25, -0.2) is 0 Å². The van der Waals surface area contributed by atoms with Gasteiger partial charge in [0.1, 0.15) is 0 Å². The monoisotopic (exact) mass is 309 g/mol. The minimum Gasteiger partial charge on any atom is -0.324 e. The van der Waals surface area contributed by atoms with Crippen LogP contribution in [0.1, 0.15) is 52.4 Å². The smallest absolute Gasteiger partial charge is 0.0449 e. The average Bonchev–Trinajstić information content (AvgIpc) is 2.60. The molecule has 0 atom stereocenters. The highest BCUT2D eigenvalue weighted by atomic mass is 15.1. The maximum Gasteiger partial charge on any atom is 0.0449 e. The van der Waals surface area contributed by atoms with Gasteiger partial charge in [0.2, 0.25) is 0 Å². The fraction of sp³-hybridized carbons (Fsp3) is 0.364. The molecule has 0 N–H and O–H groups in total. The third kappa shape index (κ3) is 9.57. The predicted molar refractivity (Wildman–Crippen MR) is 105 cm³/mol. The molecule has 1 heteroatoms. The molecule has 124 valence electrons. The summed E-state index contributed by atoms with van der Waals surface area (Å²) in [5, 5.41) is 0. The number of anilines is 1. The maximum absolute atomic E-state index is 2.23. The van der Waals surface area contributed by atoms with Crippen LogP contribution in [-0.2, 0) is 0 Å². The molecule has 0 unspecified atom stereocenters. The number of allylic oxidation sites excluding steroid dienone is 6. The van der Waals surface area contributed by atoms with E-state index in [2.05, 4.69) is 91.9 Å². The van der Waals surface area contributed by atoms with Crippen molar-refractivity contribution in [2.24, 2.45) is 0 Å². The molecule has 0 aliphatic heterocycles. The zero-order chi connectivity index (χ0) is 16.6. The molecule has 0 aliphatic carbocycles. The van der Waals surface area contributed by atoms with Gasteiger partial charge >= 0.3 is 0 Å². The summed E-state index contributed by atoms with van der Waals surface area (Å²) in [7, 11) is 0. The minimum absolute atomic E-state index is 1.15. The van der Waals surface area contributed by atoms with E-state index in [-0.39, 0.29) is 0 Å². The first kappa shape index (κ1) is 19.0. The molecule has 0 fully saturated rings. The normalized spacial score (nSPS) is 12.3. The van der Waals surface area contributed by atoms with E-state index in [4.69, 9.17) is 0 Å². The molecule has 0 bridgehead atoms. The highest BCUT2D eigenvalue weighted by molar-refractivity contribution is 5.52. The summed E-state index contributed by atoms with van der Waals surface area (Å²) in [4.78, 5) is 2.15. The number of rotatable bonds is 11. The van der Waals surface area contributed by atoms with E-state index < -0.39 is 0 Å². The topological polar surface area (TPSA) is 3.24 Å². The quantitative estimate of drug-likeness (QED) is 0.314. The van der Waals surface area contributed by atoms with Crippen molar-refractivity contribution in [3.63, 3.8) is 0 Å². The Bertz CT molecular complexity index is 466. The van der Waals surface area contributed by atoms with Gasteiger partial charge in [0.15, 0.2) is 0 Å². The molecule has 0 spiro atoms. The van der Waals surface area contributed by atoms with E-state index >= 15 is 0 Å². The fourth-order valence-electron chi connectivity index (χ4n) is 2.10. The summed E-state index contributed by atoms with van der Waals surface area (Å²) in [6.07, 6.45) is 24.5. The van der Waals surface area contributed by atoms with Gasteiger partial charge in [0.25, 0.3) is 0 Å². The predicted octanol–water partition coefficient (Wildman–Crippen LogP) is 7.01. The van der Waals surface area contributed by atoms with Crippen LogP contribution in [0.5, 0.6) is 0 Å². The summed E-state index contributed by atoms with van der Waals surface area (Å²) >= 11 is 0. The Balaban J connectivity index is 2.63. The highest BCUT2D eigenvalue weighted by Crippen LogP contribution is 2.14. The van der Waals surface area contributed by atoms with Gasteiger partial charge in [-0.2, -0.15) is 0 Å². The molecule has 0 amide bonds. The van der Waals surface area contributed by atoms with Crippen molar-refractivity contribution in [3.8, 4) is 0 Å². The average molecular weight is 309 g/mol. The molecular formula is C22H31N. The van der Waals surface area contributed by atoms with Crippen molar-refractivity contribution >= 4 is 5.69 Å². The van der Waals surface area contributed by atoms with Crippen LogP contribution in [0.15, 0.2) is 79.2 Å². The standard InChI is InChI=1S/C22H31N/c1-3-5-7-9-11-16-20-23(22-18-14-13-15-19-22)21-17-12-10-8-6-4-2/h9-21H,3-8H2,1-2H3. The van der Waals surface area contributed by atoms with Gasteiger partial charge in [-0.3, -0.25) is 0 Å². The Morgan fingerprint density at radius 3 is 1.74 bits per heavy atom. The lowest BCUT2D eigenvalue weighted by atomic mass is 10.2. The number of hydrogen-bond donors (Lipinski definition) is 0. The van der Waals surface area contributed by atoms with Crippen LogP contribution >= 0.6 is 0 Å². The van der Waals surface area contributed by atoms with Crippen molar-refractivity contribution in [2.75, 3.05) is 4.90 Å². The van der Waals surface area contributed by atoms with Crippen LogP contribution in [0.4, 0.5) is 5.69 Å². The molecule has 0 aliphatic rings. The number of hydrogen-bond acceptors (Lipinski definition) is 1. The Morgan fingerprint density at radius 2 is 1.26 bits per heavy atom. The lowest BCUT2D eigenvalue weighted by Crippen LogP contribution is -2.05. The number of para-hydroxylation sites is 1. The summed E-state index contributed by atoms with van der Waals surface area (Å²) < 4.78 is 0. The lowest BCUT2D eigenvalue weighted by molar-refractivity contribution is 0.815. The SMILES string of the molecule is CCCCC=CC=CN(C=CC=CCCCC)c1ccccc1. The van der Waals surface area contributed by atoms with Crippen LogP contribution in [0.3, 0.4) is 0 Å². The van der Waals surface area contributed by atoms with Crippen molar-refractivity contribution in [1.82, 2.24) is 0 Å². The summed E-state index contributed by atoms with van der Waals surface area (Å²) in [5.74, 6) is 0. The molecule has 23 heavy (non-hydrogen) atoms. The molecule has 1 nitrogen and oxygen atoms in total. The van der Waals surface area contributed by atoms with Crippen LogP contribution in [0.2, 0.25) is 0 Å².